The van der Waals surface area contributed by atoms with E-state index in [0.717, 1.165) is 41.8 Å². The number of halogens is 3. The average Bonchev–Trinajstić information content (AvgIpc) is 3.74. The van der Waals surface area contributed by atoms with E-state index in [9.17, 15) is 18.0 Å². The summed E-state index contributed by atoms with van der Waals surface area (Å²) in [7, 11) is 1.61. The van der Waals surface area contributed by atoms with Crippen LogP contribution < -0.4 is 20.7 Å². The maximum atomic E-state index is 13.5. The molecule has 0 unspecified atom stereocenters. The predicted octanol–water partition coefficient (Wildman–Crippen LogP) is 4.41. The van der Waals surface area contributed by atoms with Crippen molar-refractivity contribution in [1.29, 1.82) is 0 Å². The van der Waals surface area contributed by atoms with Crippen molar-refractivity contribution in [3.05, 3.63) is 35.0 Å². The molecule has 1 amide bonds. The van der Waals surface area contributed by atoms with E-state index in [0.29, 0.717) is 36.8 Å². The lowest BCUT2D eigenvalue weighted by molar-refractivity contribution is -0.117. The molecule has 3 aliphatic rings. The van der Waals surface area contributed by atoms with Crippen molar-refractivity contribution in [2.45, 2.75) is 57.3 Å². The molecule has 3 N–H and O–H groups in total. The lowest BCUT2D eigenvalue weighted by Gasteiger charge is -2.26. The van der Waals surface area contributed by atoms with Gasteiger partial charge < -0.3 is 20.7 Å². The second-order valence-electron chi connectivity index (χ2n) is 10.3. The van der Waals surface area contributed by atoms with Gasteiger partial charge in [-0.05, 0) is 44.1 Å². The molecule has 208 valence electrons. The maximum Gasteiger partial charge on any atom is 0.388 e. The van der Waals surface area contributed by atoms with Crippen LogP contribution in [0.3, 0.4) is 0 Å². The number of aryl methyl sites for hydroxylation is 2. The van der Waals surface area contributed by atoms with Crippen molar-refractivity contribution in [1.82, 2.24) is 29.9 Å². The lowest BCUT2D eigenvalue weighted by atomic mass is 9.90. The number of fused-ring (bicyclic) bond motifs is 1. The molecule has 3 aromatic rings. The van der Waals surface area contributed by atoms with Gasteiger partial charge in [0, 0.05) is 53.7 Å². The summed E-state index contributed by atoms with van der Waals surface area (Å²) in [6.45, 7) is 1.79. The fourth-order valence-corrected chi connectivity index (χ4v) is 6.23. The number of nitrogens with zero attached hydrogens (tertiary/aromatic N) is 5. The van der Waals surface area contributed by atoms with Gasteiger partial charge in [0.05, 0.1) is 0 Å². The fourth-order valence-electron chi connectivity index (χ4n) is 4.95. The predicted molar refractivity (Wildman–Crippen MR) is 140 cm³/mol. The van der Waals surface area contributed by atoms with E-state index in [4.69, 9.17) is 0 Å². The molecule has 0 radical (unpaired) electrons. The standard InChI is InChI=1S/C25H29F3N8O2S/c1-12(29-10-14-7-17(14)26)21-16-8-15(5-6-18(16)39-23(21)32-22(37)13-3-4-13)36-11-30-33-25(36)31-19-9-20(34-35(19)2)38-24(27)28/h9,11,13-15,17,24,29H,1,3-8,10H2,2H3,(H,31,33)(H,32,37)/t14-,15+,17-/m1/s1. The van der Waals surface area contributed by atoms with E-state index in [1.165, 1.54) is 15.6 Å². The molecule has 0 spiro atoms. The molecule has 0 bridgehead atoms. The molecule has 3 atom stereocenters. The number of hydrogen-bond donors (Lipinski definition) is 3. The number of carbonyl (C=O) groups excluding carboxylic acids is 1. The number of aromatic nitrogens is 5. The first-order valence-electron chi connectivity index (χ1n) is 12.9. The molecule has 39 heavy (non-hydrogen) atoms. The number of carbonyl (C=O) groups is 1. The summed E-state index contributed by atoms with van der Waals surface area (Å²) in [5.74, 6) is 0.743. The third kappa shape index (κ3) is 5.47. The Morgan fingerprint density at radius 1 is 1.33 bits per heavy atom. The second-order valence-corrected chi connectivity index (χ2v) is 11.4. The molecule has 10 nitrogen and oxygen atoms in total. The van der Waals surface area contributed by atoms with Crippen LogP contribution in [-0.2, 0) is 24.7 Å². The first-order chi connectivity index (χ1) is 18.8. The van der Waals surface area contributed by atoms with Crippen LogP contribution in [0.2, 0.25) is 0 Å². The molecule has 0 saturated heterocycles. The molecular formula is C25H29F3N8O2S. The van der Waals surface area contributed by atoms with Crippen LogP contribution in [0.4, 0.5) is 29.9 Å². The highest BCUT2D eigenvalue weighted by molar-refractivity contribution is 7.16. The number of thiophene rings is 1. The number of nitrogens with one attached hydrogen (secondary N) is 3. The van der Waals surface area contributed by atoms with E-state index >= 15 is 0 Å². The lowest BCUT2D eigenvalue weighted by Crippen LogP contribution is -2.22. The van der Waals surface area contributed by atoms with Crippen molar-refractivity contribution in [2.75, 3.05) is 17.2 Å². The summed E-state index contributed by atoms with van der Waals surface area (Å²) in [5, 5.41) is 22.5. The molecule has 14 heteroatoms. The molecule has 2 saturated carbocycles. The van der Waals surface area contributed by atoms with Crippen LogP contribution in [0.15, 0.2) is 19.0 Å². The molecule has 2 fully saturated rings. The zero-order valence-electron chi connectivity index (χ0n) is 21.3. The second kappa shape index (κ2) is 10.2. The van der Waals surface area contributed by atoms with Gasteiger partial charge in [0.1, 0.15) is 23.3 Å². The molecule has 6 rings (SSSR count). The van der Waals surface area contributed by atoms with Gasteiger partial charge in [-0.25, -0.2) is 9.07 Å². The summed E-state index contributed by atoms with van der Waals surface area (Å²) in [5.41, 5.74) is 2.66. The average molecular weight is 563 g/mol. The Morgan fingerprint density at radius 3 is 2.85 bits per heavy atom. The van der Waals surface area contributed by atoms with E-state index < -0.39 is 12.8 Å². The Hall–Kier alpha value is -3.55. The van der Waals surface area contributed by atoms with Crippen molar-refractivity contribution >= 4 is 39.7 Å². The van der Waals surface area contributed by atoms with Gasteiger partial charge in [-0.15, -0.1) is 26.6 Å². The third-order valence-electron chi connectivity index (χ3n) is 7.41. The quantitative estimate of drug-likeness (QED) is 0.317. The van der Waals surface area contributed by atoms with E-state index in [1.807, 2.05) is 4.57 Å². The number of alkyl halides is 3. The minimum atomic E-state index is -2.97. The number of rotatable bonds is 11. The van der Waals surface area contributed by atoms with Gasteiger partial charge in [0.25, 0.3) is 0 Å². The highest BCUT2D eigenvalue weighted by atomic mass is 32.1. The van der Waals surface area contributed by atoms with E-state index in [2.05, 4.69) is 42.6 Å². The van der Waals surface area contributed by atoms with Crippen LogP contribution in [0.25, 0.3) is 5.70 Å². The van der Waals surface area contributed by atoms with E-state index in [-0.39, 0.29) is 29.7 Å². The maximum absolute atomic E-state index is 13.5. The van der Waals surface area contributed by atoms with Gasteiger partial charge >= 0.3 is 6.61 Å². The molecule has 0 aromatic carbocycles. The SMILES string of the molecule is C=C(NC[C@H]1C[C@H]1F)c1c(NC(=O)C2CC2)sc2c1C[C@@H](n1cnnc1Nc1cc(OC(F)F)nn1C)CC2. The number of amides is 1. The highest BCUT2D eigenvalue weighted by Crippen LogP contribution is 2.45. The monoisotopic (exact) mass is 562 g/mol. The van der Waals surface area contributed by atoms with Crippen LogP contribution in [-0.4, -0.2) is 49.8 Å². The molecule has 3 aliphatic carbocycles. The summed E-state index contributed by atoms with van der Waals surface area (Å²) >= 11 is 1.58. The summed E-state index contributed by atoms with van der Waals surface area (Å²) < 4.78 is 46.4. The zero-order chi connectivity index (χ0) is 27.3. The number of anilines is 3. The molecular weight excluding hydrogens is 533 g/mol. The minimum Gasteiger partial charge on any atom is -0.415 e. The van der Waals surface area contributed by atoms with E-state index in [1.54, 1.807) is 24.7 Å². The van der Waals surface area contributed by atoms with Crippen LogP contribution in [0, 0.1) is 11.8 Å². The van der Waals surface area contributed by atoms with Gasteiger partial charge in [0.15, 0.2) is 0 Å². The highest BCUT2D eigenvalue weighted by Gasteiger charge is 2.38. The smallest absolute Gasteiger partial charge is 0.388 e. The number of hydrogen-bond acceptors (Lipinski definition) is 8. The largest absolute Gasteiger partial charge is 0.415 e. The van der Waals surface area contributed by atoms with Crippen molar-refractivity contribution < 1.29 is 22.7 Å². The first-order valence-corrected chi connectivity index (χ1v) is 13.8. The minimum absolute atomic E-state index is 0.00210. The van der Waals surface area contributed by atoms with Crippen molar-refractivity contribution in [3.8, 4) is 5.88 Å². The Kier molecular flexibility index (Phi) is 6.73. The summed E-state index contributed by atoms with van der Waals surface area (Å²) in [6, 6.07) is 1.36. The van der Waals surface area contributed by atoms with Crippen LogP contribution >= 0.6 is 11.3 Å². The summed E-state index contributed by atoms with van der Waals surface area (Å²) in [6.07, 6.45) is 5.48. The normalized spacial score (nSPS) is 21.9. The Morgan fingerprint density at radius 2 is 2.13 bits per heavy atom. The zero-order valence-corrected chi connectivity index (χ0v) is 22.1. The third-order valence-corrected chi connectivity index (χ3v) is 8.62. The van der Waals surface area contributed by atoms with Crippen molar-refractivity contribution in [3.63, 3.8) is 0 Å². The topological polar surface area (TPSA) is 111 Å². The van der Waals surface area contributed by atoms with Gasteiger partial charge in [-0.3, -0.25) is 9.36 Å². The van der Waals surface area contributed by atoms with Gasteiger partial charge in [-0.1, -0.05) is 6.58 Å². The molecule has 3 heterocycles. The molecule has 0 aliphatic heterocycles. The van der Waals surface area contributed by atoms with Gasteiger partial charge in [-0.2, -0.15) is 8.78 Å². The Bertz CT molecular complexity index is 1400. The first kappa shape index (κ1) is 25.7. The Labute approximate surface area is 226 Å². The fraction of sp³-hybridized carbons (Fsp3) is 0.520. The Balaban J connectivity index is 1.24. The van der Waals surface area contributed by atoms with Crippen LogP contribution in [0.5, 0.6) is 5.88 Å². The number of ether oxygens (including phenoxy) is 1. The van der Waals surface area contributed by atoms with Crippen molar-refractivity contribution in [2.24, 2.45) is 18.9 Å². The molecule has 3 aromatic heterocycles. The van der Waals surface area contributed by atoms with Crippen LogP contribution in [0.1, 0.15) is 47.7 Å². The summed E-state index contributed by atoms with van der Waals surface area (Å²) in [4.78, 5) is 13.8. The van der Waals surface area contributed by atoms with Gasteiger partial charge in [0.2, 0.25) is 17.7 Å².